The van der Waals surface area contributed by atoms with Crippen molar-refractivity contribution in [3.8, 4) is 0 Å². The summed E-state index contributed by atoms with van der Waals surface area (Å²) in [5, 5.41) is 3.45. The Kier molecular flexibility index (Phi) is 3.62. The Bertz CT molecular complexity index is 356. The topological polar surface area (TPSA) is 21.3 Å². The first kappa shape index (κ1) is 11.6. The maximum atomic E-state index is 5.49. The van der Waals surface area contributed by atoms with E-state index in [1.54, 1.807) is 0 Å². The first-order valence-corrected chi connectivity index (χ1v) is 6.04. The van der Waals surface area contributed by atoms with E-state index in [4.69, 9.17) is 4.74 Å². The molecule has 2 heteroatoms. The molecular formula is C14H21NO. The Labute approximate surface area is 98.0 Å². The third-order valence-electron chi connectivity index (χ3n) is 3.52. The number of aryl methyl sites for hydroxylation is 2. The zero-order chi connectivity index (χ0) is 11.5. The van der Waals surface area contributed by atoms with Gasteiger partial charge in [-0.1, -0.05) is 23.8 Å². The molecule has 0 aromatic heterocycles. The number of hydrogen-bond donors (Lipinski definition) is 1. The van der Waals surface area contributed by atoms with Gasteiger partial charge in [-0.3, -0.25) is 0 Å². The molecule has 2 unspecified atom stereocenters. The first-order chi connectivity index (χ1) is 7.72. The molecule has 1 aromatic carbocycles. The van der Waals surface area contributed by atoms with Gasteiger partial charge in [-0.25, -0.2) is 0 Å². The fraction of sp³-hybridized carbons (Fsp3) is 0.571. The normalized spacial score (nSPS) is 22.3. The third kappa shape index (κ3) is 2.28. The van der Waals surface area contributed by atoms with Crippen molar-refractivity contribution in [2.24, 2.45) is 5.92 Å². The highest BCUT2D eigenvalue weighted by Gasteiger charge is 2.26. The molecule has 1 fully saturated rings. The summed E-state index contributed by atoms with van der Waals surface area (Å²) >= 11 is 0. The van der Waals surface area contributed by atoms with E-state index < -0.39 is 0 Å². The van der Waals surface area contributed by atoms with Crippen molar-refractivity contribution in [2.45, 2.75) is 26.3 Å². The second kappa shape index (κ2) is 4.98. The smallest absolute Gasteiger partial charge is 0.0513 e. The lowest BCUT2D eigenvalue weighted by atomic mass is 9.89. The molecule has 0 amide bonds. The summed E-state index contributed by atoms with van der Waals surface area (Å²) in [6.07, 6.45) is 1.17. The van der Waals surface area contributed by atoms with E-state index >= 15 is 0 Å². The second-order valence-electron chi connectivity index (χ2n) is 4.75. The summed E-state index contributed by atoms with van der Waals surface area (Å²) in [6, 6.07) is 7.12. The van der Waals surface area contributed by atoms with E-state index in [0.29, 0.717) is 12.0 Å². The van der Waals surface area contributed by atoms with Crippen LogP contribution in [0.15, 0.2) is 18.2 Å². The van der Waals surface area contributed by atoms with Gasteiger partial charge in [0.2, 0.25) is 0 Å². The molecule has 0 spiro atoms. The predicted molar refractivity (Wildman–Crippen MR) is 66.6 cm³/mol. The van der Waals surface area contributed by atoms with Crippen molar-refractivity contribution in [1.29, 1.82) is 0 Å². The fourth-order valence-electron chi connectivity index (χ4n) is 2.56. The van der Waals surface area contributed by atoms with Crippen LogP contribution < -0.4 is 5.32 Å². The molecule has 0 saturated carbocycles. The Morgan fingerprint density at radius 1 is 1.38 bits per heavy atom. The van der Waals surface area contributed by atoms with Crippen molar-refractivity contribution >= 4 is 0 Å². The van der Waals surface area contributed by atoms with Gasteiger partial charge in [0.15, 0.2) is 0 Å². The van der Waals surface area contributed by atoms with Gasteiger partial charge in [0, 0.05) is 18.6 Å². The van der Waals surface area contributed by atoms with Gasteiger partial charge >= 0.3 is 0 Å². The Balaban J connectivity index is 2.28. The van der Waals surface area contributed by atoms with Crippen molar-refractivity contribution in [1.82, 2.24) is 5.32 Å². The van der Waals surface area contributed by atoms with E-state index in [9.17, 15) is 0 Å². The average molecular weight is 219 g/mol. The van der Waals surface area contributed by atoms with Crippen LogP contribution >= 0.6 is 0 Å². The standard InChI is InChI=1S/C14H21NO/c1-10-4-5-11(2)13(8-10)14(15-3)12-6-7-16-9-12/h4-5,8,12,14-15H,6-7,9H2,1-3H3. The summed E-state index contributed by atoms with van der Waals surface area (Å²) in [7, 11) is 2.05. The summed E-state index contributed by atoms with van der Waals surface area (Å²) in [5.74, 6) is 0.616. The van der Waals surface area contributed by atoms with Crippen molar-refractivity contribution in [3.05, 3.63) is 34.9 Å². The molecule has 0 radical (unpaired) electrons. The zero-order valence-electron chi connectivity index (χ0n) is 10.4. The maximum absolute atomic E-state index is 5.49. The number of nitrogens with one attached hydrogen (secondary N) is 1. The van der Waals surface area contributed by atoms with Crippen molar-refractivity contribution < 1.29 is 4.74 Å². The predicted octanol–water partition coefficient (Wildman–Crippen LogP) is 2.60. The summed E-state index contributed by atoms with van der Waals surface area (Å²) in [6.45, 7) is 6.14. The van der Waals surface area contributed by atoms with Crippen LogP contribution in [-0.2, 0) is 4.74 Å². The lowest BCUT2D eigenvalue weighted by Crippen LogP contribution is -2.26. The number of benzene rings is 1. The number of ether oxygens (including phenoxy) is 1. The molecule has 0 aliphatic carbocycles. The molecule has 1 aromatic rings. The minimum Gasteiger partial charge on any atom is -0.381 e. The highest BCUT2D eigenvalue weighted by atomic mass is 16.5. The SMILES string of the molecule is CNC(c1cc(C)ccc1C)C1CCOC1. The molecule has 88 valence electrons. The lowest BCUT2D eigenvalue weighted by molar-refractivity contribution is 0.177. The van der Waals surface area contributed by atoms with Crippen LogP contribution in [0.1, 0.15) is 29.2 Å². The van der Waals surface area contributed by atoms with Crippen molar-refractivity contribution in [3.63, 3.8) is 0 Å². The lowest BCUT2D eigenvalue weighted by Gasteiger charge is -2.24. The van der Waals surface area contributed by atoms with Crippen LogP contribution in [-0.4, -0.2) is 20.3 Å². The minimum absolute atomic E-state index is 0.433. The second-order valence-corrected chi connectivity index (χ2v) is 4.75. The van der Waals surface area contributed by atoms with Gasteiger partial charge in [-0.05, 0) is 38.4 Å². The Morgan fingerprint density at radius 3 is 2.81 bits per heavy atom. The molecule has 1 aliphatic heterocycles. The number of hydrogen-bond acceptors (Lipinski definition) is 2. The molecule has 2 rings (SSSR count). The molecule has 1 N–H and O–H groups in total. The Morgan fingerprint density at radius 2 is 2.19 bits per heavy atom. The molecule has 16 heavy (non-hydrogen) atoms. The van der Waals surface area contributed by atoms with Crippen LogP contribution in [0.3, 0.4) is 0 Å². The molecule has 1 aliphatic rings. The molecule has 2 atom stereocenters. The van der Waals surface area contributed by atoms with Crippen LogP contribution in [0.4, 0.5) is 0 Å². The minimum atomic E-state index is 0.433. The van der Waals surface area contributed by atoms with Crippen molar-refractivity contribution in [2.75, 3.05) is 20.3 Å². The van der Waals surface area contributed by atoms with Crippen LogP contribution in [0.2, 0.25) is 0 Å². The summed E-state index contributed by atoms with van der Waals surface area (Å²) in [5.41, 5.74) is 4.13. The highest BCUT2D eigenvalue weighted by Crippen LogP contribution is 2.30. The quantitative estimate of drug-likeness (QED) is 0.843. The van der Waals surface area contributed by atoms with Gasteiger partial charge in [0.25, 0.3) is 0 Å². The fourth-order valence-corrected chi connectivity index (χ4v) is 2.56. The summed E-state index contributed by atoms with van der Waals surface area (Å²) < 4.78 is 5.49. The van der Waals surface area contributed by atoms with E-state index in [1.165, 1.54) is 23.1 Å². The third-order valence-corrected chi connectivity index (χ3v) is 3.52. The van der Waals surface area contributed by atoms with E-state index in [1.807, 2.05) is 7.05 Å². The molecule has 1 saturated heterocycles. The maximum Gasteiger partial charge on any atom is 0.0513 e. The van der Waals surface area contributed by atoms with E-state index in [2.05, 4.69) is 37.4 Å². The monoisotopic (exact) mass is 219 g/mol. The van der Waals surface area contributed by atoms with Gasteiger partial charge < -0.3 is 10.1 Å². The van der Waals surface area contributed by atoms with Gasteiger partial charge in [0.05, 0.1) is 6.61 Å². The highest BCUT2D eigenvalue weighted by molar-refractivity contribution is 5.33. The van der Waals surface area contributed by atoms with Gasteiger partial charge in [-0.15, -0.1) is 0 Å². The molecule has 2 nitrogen and oxygen atoms in total. The van der Waals surface area contributed by atoms with Gasteiger partial charge in [0.1, 0.15) is 0 Å². The molecular weight excluding hydrogens is 198 g/mol. The first-order valence-electron chi connectivity index (χ1n) is 6.04. The Hall–Kier alpha value is -0.860. The summed E-state index contributed by atoms with van der Waals surface area (Å²) in [4.78, 5) is 0. The van der Waals surface area contributed by atoms with Crippen LogP contribution in [0.5, 0.6) is 0 Å². The molecule has 1 heterocycles. The van der Waals surface area contributed by atoms with E-state index in [-0.39, 0.29) is 0 Å². The number of rotatable bonds is 3. The van der Waals surface area contributed by atoms with Crippen LogP contribution in [0, 0.1) is 19.8 Å². The van der Waals surface area contributed by atoms with Crippen LogP contribution in [0.25, 0.3) is 0 Å². The average Bonchev–Trinajstić information content (AvgIpc) is 2.78. The molecule has 0 bridgehead atoms. The largest absolute Gasteiger partial charge is 0.381 e. The zero-order valence-corrected chi connectivity index (χ0v) is 10.4. The van der Waals surface area contributed by atoms with E-state index in [0.717, 1.165) is 13.2 Å². The van der Waals surface area contributed by atoms with Gasteiger partial charge in [-0.2, -0.15) is 0 Å².